The lowest BCUT2D eigenvalue weighted by molar-refractivity contribution is -0.142. The van der Waals surface area contributed by atoms with Crippen LogP contribution in [0.5, 0.6) is 0 Å². The van der Waals surface area contributed by atoms with E-state index in [-0.39, 0.29) is 36.0 Å². The zero-order valence-corrected chi connectivity index (χ0v) is 10.1. The molecule has 104 valence electrons. The third-order valence-corrected chi connectivity index (χ3v) is 2.99. The van der Waals surface area contributed by atoms with Crippen molar-refractivity contribution >= 4 is 5.91 Å². The minimum atomic E-state index is -4.67. The number of carbonyl (C=O) groups excluding carboxylic acids is 1. The number of nitrogens with zero attached hydrogens (tertiary/aromatic N) is 1. The number of hydrogen-bond donors (Lipinski definition) is 2. The van der Waals surface area contributed by atoms with Gasteiger partial charge in [0.2, 0.25) is 5.91 Å². The van der Waals surface area contributed by atoms with Crippen LogP contribution in [-0.2, 0) is 23.8 Å². The van der Waals surface area contributed by atoms with E-state index < -0.39 is 17.6 Å². The summed E-state index contributed by atoms with van der Waals surface area (Å²) in [5, 5.41) is 2.59. The van der Waals surface area contributed by atoms with Crippen molar-refractivity contribution < 1.29 is 18.0 Å². The molecule has 1 atom stereocenters. The molecule has 1 amide bonds. The highest BCUT2D eigenvalue weighted by Crippen LogP contribution is 2.33. The van der Waals surface area contributed by atoms with E-state index in [2.05, 4.69) is 15.3 Å². The van der Waals surface area contributed by atoms with Crippen LogP contribution in [0.25, 0.3) is 0 Å². The smallest absolute Gasteiger partial charge is 0.353 e. The zero-order valence-electron chi connectivity index (χ0n) is 10.1. The van der Waals surface area contributed by atoms with Crippen molar-refractivity contribution in [2.45, 2.75) is 38.4 Å². The summed E-state index contributed by atoms with van der Waals surface area (Å²) < 4.78 is 38.5. The number of aryl methyl sites for hydroxylation is 1. The lowest BCUT2D eigenvalue weighted by atomic mass is 9.90. The molecule has 2 N–H and O–H groups in total. The summed E-state index contributed by atoms with van der Waals surface area (Å²) in [5.41, 5.74) is -1.92. The van der Waals surface area contributed by atoms with Crippen molar-refractivity contribution in [2.24, 2.45) is 0 Å². The van der Waals surface area contributed by atoms with Crippen LogP contribution in [-0.4, -0.2) is 21.9 Å². The molecule has 0 aromatic carbocycles. The molecule has 0 spiro atoms. The number of fused-ring (bicyclic) bond motifs is 1. The van der Waals surface area contributed by atoms with E-state index in [1.165, 1.54) is 6.92 Å². The molecule has 1 aromatic heterocycles. The maximum absolute atomic E-state index is 12.8. The molecule has 0 radical (unpaired) electrons. The third kappa shape index (κ3) is 2.94. The predicted octanol–water partition coefficient (Wildman–Crippen LogP) is 0.782. The fraction of sp³-hybridized carbons (Fsp3) is 0.545. The van der Waals surface area contributed by atoms with E-state index in [0.717, 1.165) is 0 Å². The molecule has 8 heteroatoms. The summed E-state index contributed by atoms with van der Waals surface area (Å²) in [6.07, 6.45) is -3.88. The zero-order chi connectivity index (χ0) is 14.2. The van der Waals surface area contributed by atoms with Gasteiger partial charge in [0.25, 0.3) is 0 Å². The van der Waals surface area contributed by atoms with Gasteiger partial charge in [-0.2, -0.15) is 18.2 Å². The Morgan fingerprint density at radius 1 is 1.47 bits per heavy atom. The minimum Gasteiger partial charge on any atom is -0.353 e. The fourth-order valence-electron chi connectivity index (χ4n) is 2.29. The Hall–Kier alpha value is -1.86. The fourth-order valence-corrected chi connectivity index (χ4v) is 2.29. The molecule has 1 heterocycles. The number of halogens is 3. The minimum absolute atomic E-state index is 0.0214. The first-order chi connectivity index (χ1) is 8.77. The molecule has 5 nitrogen and oxygen atoms in total. The van der Waals surface area contributed by atoms with Gasteiger partial charge in [-0.1, -0.05) is 0 Å². The molecule has 0 saturated heterocycles. The van der Waals surface area contributed by atoms with Crippen molar-refractivity contribution in [3.63, 3.8) is 0 Å². The molecule has 0 saturated carbocycles. The van der Waals surface area contributed by atoms with Crippen molar-refractivity contribution in [1.82, 2.24) is 15.3 Å². The van der Waals surface area contributed by atoms with Crippen molar-refractivity contribution in [3.8, 4) is 0 Å². The number of nitrogens with one attached hydrogen (secondary N) is 2. The summed E-state index contributed by atoms with van der Waals surface area (Å²) in [4.78, 5) is 27.4. The van der Waals surface area contributed by atoms with E-state index in [0.29, 0.717) is 6.42 Å². The molecule has 1 aliphatic carbocycles. The Kier molecular flexibility index (Phi) is 3.34. The number of H-pyrrole nitrogens is 1. The number of amides is 1. The Morgan fingerprint density at radius 2 is 2.16 bits per heavy atom. The quantitative estimate of drug-likeness (QED) is 0.795. The highest BCUT2D eigenvalue weighted by molar-refractivity contribution is 5.73. The Bertz CT molecular complexity index is 565. The first kappa shape index (κ1) is 13.6. The molecular formula is C11H12F3N3O2. The number of hydrogen-bond acceptors (Lipinski definition) is 3. The summed E-state index contributed by atoms with van der Waals surface area (Å²) in [6, 6.07) is -0.362. The first-order valence-electron chi connectivity index (χ1n) is 5.73. The van der Waals surface area contributed by atoms with Crippen LogP contribution in [0.2, 0.25) is 0 Å². The topological polar surface area (TPSA) is 74.8 Å². The molecule has 19 heavy (non-hydrogen) atoms. The van der Waals surface area contributed by atoms with Gasteiger partial charge in [0.15, 0.2) is 5.69 Å². The second-order valence-corrected chi connectivity index (χ2v) is 4.49. The summed E-state index contributed by atoms with van der Waals surface area (Å²) in [6.45, 7) is 1.31. The number of aromatic amines is 1. The van der Waals surface area contributed by atoms with Crippen LogP contribution in [0.4, 0.5) is 13.2 Å². The maximum atomic E-state index is 12.8. The second-order valence-electron chi connectivity index (χ2n) is 4.49. The Morgan fingerprint density at radius 3 is 2.74 bits per heavy atom. The van der Waals surface area contributed by atoms with Gasteiger partial charge < -0.3 is 10.3 Å². The van der Waals surface area contributed by atoms with Crippen LogP contribution >= 0.6 is 0 Å². The van der Waals surface area contributed by atoms with Gasteiger partial charge in [-0.05, 0) is 19.3 Å². The van der Waals surface area contributed by atoms with E-state index in [9.17, 15) is 22.8 Å². The number of alkyl halides is 3. The highest BCUT2D eigenvalue weighted by atomic mass is 19.4. The summed E-state index contributed by atoms with van der Waals surface area (Å²) in [5.74, 6) is -0.292. The number of rotatable bonds is 1. The van der Waals surface area contributed by atoms with Crippen LogP contribution in [0, 0.1) is 0 Å². The van der Waals surface area contributed by atoms with E-state index >= 15 is 0 Å². The van der Waals surface area contributed by atoms with E-state index in [1.807, 2.05) is 0 Å². The molecule has 1 aliphatic rings. The van der Waals surface area contributed by atoms with E-state index in [4.69, 9.17) is 0 Å². The molecule has 1 unspecified atom stereocenters. The van der Waals surface area contributed by atoms with Crippen LogP contribution in [0.3, 0.4) is 0 Å². The molecule has 2 rings (SSSR count). The molecular weight excluding hydrogens is 263 g/mol. The van der Waals surface area contributed by atoms with Gasteiger partial charge in [-0.3, -0.25) is 4.79 Å². The van der Waals surface area contributed by atoms with Gasteiger partial charge in [-0.25, -0.2) is 4.79 Å². The van der Waals surface area contributed by atoms with Crippen molar-refractivity contribution in [1.29, 1.82) is 0 Å². The summed E-state index contributed by atoms with van der Waals surface area (Å²) in [7, 11) is 0. The Balaban J connectivity index is 2.42. The predicted molar refractivity (Wildman–Crippen MR) is 59.5 cm³/mol. The van der Waals surface area contributed by atoms with Crippen LogP contribution in [0.1, 0.15) is 30.3 Å². The lowest BCUT2D eigenvalue weighted by Crippen LogP contribution is -2.39. The summed E-state index contributed by atoms with van der Waals surface area (Å²) >= 11 is 0. The molecule has 0 bridgehead atoms. The lowest BCUT2D eigenvalue weighted by Gasteiger charge is -2.26. The van der Waals surface area contributed by atoms with Crippen molar-refractivity contribution in [3.05, 3.63) is 27.4 Å². The van der Waals surface area contributed by atoms with Crippen LogP contribution in [0.15, 0.2) is 4.79 Å². The van der Waals surface area contributed by atoms with Gasteiger partial charge in [0.1, 0.15) is 0 Å². The SMILES string of the molecule is CC(=O)NC1CCc2[nH]c(=O)nc(C(F)(F)F)c2C1. The van der Waals surface area contributed by atoms with Gasteiger partial charge in [-0.15, -0.1) is 0 Å². The largest absolute Gasteiger partial charge is 0.433 e. The van der Waals surface area contributed by atoms with Gasteiger partial charge >= 0.3 is 11.9 Å². The maximum Gasteiger partial charge on any atom is 0.433 e. The standard InChI is InChI=1S/C11H12F3N3O2/c1-5(18)15-6-2-3-8-7(4-6)9(11(12,13)14)17-10(19)16-8/h6H,2-4H2,1H3,(H,15,18)(H,16,17,19). The Labute approximate surface area is 106 Å². The first-order valence-corrected chi connectivity index (χ1v) is 5.73. The van der Waals surface area contributed by atoms with Gasteiger partial charge in [0.05, 0.1) is 0 Å². The second kappa shape index (κ2) is 4.67. The molecule has 1 aromatic rings. The average molecular weight is 275 g/mol. The van der Waals surface area contributed by atoms with Gasteiger partial charge in [0, 0.05) is 24.2 Å². The van der Waals surface area contributed by atoms with Crippen molar-refractivity contribution in [2.75, 3.05) is 0 Å². The number of carbonyl (C=O) groups is 1. The van der Waals surface area contributed by atoms with Crippen LogP contribution < -0.4 is 11.0 Å². The molecule has 0 fully saturated rings. The monoisotopic (exact) mass is 275 g/mol. The normalized spacial score (nSPS) is 18.8. The number of aromatic nitrogens is 2. The molecule has 0 aliphatic heterocycles. The third-order valence-electron chi connectivity index (χ3n) is 2.99. The van der Waals surface area contributed by atoms with E-state index in [1.54, 1.807) is 0 Å². The highest BCUT2D eigenvalue weighted by Gasteiger charge is 2.38. The average Bonchev–Trinajstić information content (AvgIpc) is 2.26.